The second-order valence-corrected chi connectivity index (χ2v) is 7.40. The number of hydrogen-bond acceptors (Lipinski definition) is 4. The molecular weight excluding hydrogens is 364 g/mol. The van der Waals surface area contributed by atoms with E-state index in [1.165, 1.54) is 19.1 Å². The number of carbonyl (C=O) groups excluding carboxylic acids is 1. The third-order valence-electron chi connectivity index (χ3n) is 3.26. The summed E-state index contributed by atoms with van der Waals surface area (Å²) < 4.78 is 32.4. The van der Waals surface area contributed by atoms with Crippen molar-refractivity contribution in [3.8, 4) is 5.75 Å². The Labute approximate surface area is 152 Å². The zero-order valence-electron chi connectivity index (χ0n) is 13.8. The molecule has 0 saturated carbocycles. The fraction of sp³-hybridized carbons (Fsp3) is 0.235. The first-order chi connectivity index (χ1) is 11.8. The summed E-state index contributed by atoms with van der Waals surface area (Å²) >= 11 is 5.86. The van der Waals surface area contributed by atoms with Gasteiger partial charge in [0.1, 0.15) is 5.75 Å². The van der Waals surface area contributed by atoms with Gasteiger partial charge in [-0.1, -0.05) is 17.7 Å². The van der Waals surface area contributed by atoms with Crippen molar-refractivity contribution < 1.29 is 17.9 Å². The number of sulfonamides is 1. The summed E-state index contributed by atoms with van der Waals surface area (Å²) in [5, 5.41) is 3.08. The Morgan fingerprint density at radius 1 is 1.20 bits per heavy atom. The van der Waals surface area contributed by atoms with Crippen LogP contribution in [0.1, 0.15) is 13.8 Å². The van der Waals surface area contributed by atoms with Gasteiger partial charge in [-0.25, -0.2) is 8.42 Å². The van der Waals surface area contributed by atoms with E-state index in [2.05, 4.69) is 10.0 Å². The van der Waals surface area contributed by atoms with Gasteiger partial charge in [0.15, 0.2) is 0 Å². The first-order valence-corrected chi connectivity index (χ1v) is 9.49. The zero-order chi connectivity index (χ0) is 18.4. The molecule has 2 aromatic rings. The largest absolute Gasteiger partial charge is 0.494 e. The van der Waals surface area contributed by atoms with E-state index in [0.717, 1.165) is 0 Å². The van der Waals surface area contributed by atoms with Crippen LogP contribution in [-0.2, 0) is 14.8 Å². The lowest BCUT2D eigenvalue weighted by atomic mass is 10.3. The minimum absolute atomic E-state index is 0.0540. The molecule has 0 radical (unpaired) electrons. The highest BCUT2D eigenvalue weighted by Crippen LogP contribution is 2.17. The van der Waals surface area contributed by atoms with Crippen molar-refractivity contribution >= 4 is 33.2 Å². The quantitative estimate of drug-likeness (QED) is 0.770. The number of hydrogen-bond donors (Lipinski definition) is 2. The molecule has 1 atom stereocenters. The summed E-state index contributed by atoms with van der Waals surface area (Å²) in [6.07, 6.45) is 0. The van der Waals surface area contributed by atoms with Crippen molar-refractivity contribution in [2.24, 2.45) is 0 Å². The Morgan fingerprint density at radius 2 is 1.88 bits per heavy atom. The number of carbonyl (C=O) groups is 1. The van der Waals surface area contributed by atoms with E-state index in [9.17, 15) is 13.2 Å². The second-order valence-electron chi connectivity index (χ2n) is 5.25. The second kappa shape index (κ2) is 8.33. The third-order valence-corrected chi connectivity index (χ3v) is 5.05. The van der Waals surface area contributed by atoms with Crippen molar-refractivity contribution in [3.63, 3.8) is 0 Å². The normalized spacial score (nSPS) is 12.4. The van der Waals surface area contributed by atoms with Crippen molar-refractivity contribution in [1.29, 1.82) is 0 Å². The van der Waals surface area contributed by atoms with Crippen molar-refractivity contribution in [1.82, 2.24) is 4.72 Å². The van der Waals surface area contributed by atoms with Crippen molar-refractivity contribution in [2.75, 3.05) is 11.9 Å². The maximum atomic E-state index is 12.4. The predicted molar refractivity (Wildman–Crippen MR) is 97.5 cm³/mol. The minimum atomic E-state index is -3.83. The fourth-order valence-electron chi connectivity index (χ4n) is 2.05. The summed E-state index contributed by atoms with van der Waals surface area (Å²) in [6.45, 7) is 3.80. The molecule has 0 fully saturated rings. The standard InChI is InChI=1S/C17H19ClN2O4S/c1-3-24-15-7-9-16(10-8-15)25(22,23)20-12(2)17(21)19-14-6-4-5-13(18)11-14/h4-12,20H,3H2,1-2H3,(H,19,21)/t12-/m1/s1. The van der Waals surface area contributed by atoms with Gasteiger partial charge in [-0.05, 0) is 56.3 Å². The molecule has 25 heavy (non-hydrogen) atoms. The summed E-state index contributed by atoms with van der Waals surface area (Å²) in [7, 11) is -3.83. The molecule has 2 N–H and O–H groups in total. The van der Waals surface area contributed by atoms with Gasteiger partial charge in [0, 0.05) is 10.7 Å². The highest BCUT2D eigenvalue weighted by Gasteiger charge is 2.22. The van der Waals surface area contributed by atoms with Gasteiger partial charge in [0.2, 0.25) is 15.9 Å². The molecular formula is C17H19ClN2O4S. The number of amides is 1. The minimum Gasteiger partial charge on any atom is -0.494 e. The zero-order valence-corrected chi connectivity index (χ0v) is 15.4. The highest BCUT2D eigenvalue weighted by molar-refractivity contribution is 7.89. The van der Waals surface area contributed by atoms with E-state index in [1.807, 2.05) is 6.92 Å². The summed E-state index contributed by atoms with van der Waals surface area (Å²) in [4.78, 5) is 12.2. The van der Waals surface area contributed by atoms with Gasteiger partial charge < -0.3 is 10.1 Å². The molecule has 1 amide bonds. The Morgan fingerprint density at radius 3 is 2.48 bits per heavy atom. The van der Waals surface area contributed by atoms with E-state index < -0.39 is 22.0 Å². The Hall–Kier alpha value is -2.09. The van der Waals surface area contributed by atoms with Crippen molar-refractivity contribution in [3.05, 3.63) is 53.6 Å². The SMILES string of the molecule is CCOc1ccc(S(=O)(=O)N[C@H](C)C(=O)Nc2cccc(Cl)c2)cc1. The number of halogens is 1. The monoisotopic (exact) mass is 382 g/mol. The molecule has 2 aromatic carbocycles. The molecule has 0 aliphatic rings. The van der Waals surface area contributed by atoms with Gasteiger partial charge in [0.25, 0.3) is 0 Å². The average Bonchev–Trinajstić information content (AvgIpc) is 2.55. The smallest absolute Gasteiger partial charge is 0.242 e. The molecule has 0 spiro atoms. The summed E-state index contributed by atoms with van der Waals surface area (Å²) in [5.41, 5.74) is 0.490. The van der Waals surface area contributed by atoms with Crippen LogP contribution in [0.2, 0.25) is 5.02 Å². The van der Waals surface area contributed by atoms with E-state index in [0.29, 0.717) is 23.1 Å². The molecule has 0 bridgehead atoms. The molecule has 0 heterocycles. The van der Waals surface area contributed by atoms with Crippen LogP contribution in [-0.4, -0.2) is 27.0 Å². The lowest BCUT2D eigenvalue weighted by Crippen LogP contribution is -2.41. The number of ether oxygens (including phenoxy) is 1. The number of rotatable bonds is 7. The molecule has 0 aromatic heterocycles. The van der Waals surface area contributed by atoms with E-state index in [-0.39, 0.29) is 4.90 Å². The van der Waals surface area contributed by atoms with Crippen LogP contribution in [0.5, 0.6) is 5.75 Å². The van der Waals surface area contributed by atoms with E-state index in [1.54, 1.807) is 36.4 Å². The van der Waals surface area contributed by atoms with Gasteiger partial charge in [0.05, 0.1) is 17.5 Å². The molecule has 0 unspecified atom stereocenters. The Kier molecular flexibility index (Phi) is 6.41. The van der Waals surface area contributed by atoms with Gasteiger partial charge in [-0.3, -0.25) is 4.79 Å². The van der Waals surface area contributed by atoms with Crippen LogP contribution in [0.25, 0.3) is 0 Å². The predicted octanol–water partition coefficient (Wildman–Crippen LogP) is 3.04. The lowest BCUT2D eigenvalue weighted by molar-refractivity contribution is -0.117. The van der Waals surface area contributed by atoms with E-state index >= 15 is 0 Å². The van der Waals surface area contributed by atoms with Crippen LogP contribution in [0, 0.1) is 0 Å². The highest BCUT2D eigenvalue weighted by atomic mass is 35.5. The van der Waals surface area contributed by atoms with E-state index in [4.69, 9.17) is 16.3 Å². The van der Waals surface area contributed by atoms with Crippen LogP contribution < -0.4 is 14.8 Å². The van der Waals surface area contributed by atoms with Crippen LogP contribution in [0.3, 0.4) is 0 Å². The fourth-order valence-corrected chi connectivity index (χ4v) is 3.45. The number of nitrogens with one attached hydrogen (secondary N) is 2. The Balaban J connectivity index is 2.04. The van der Waals surface area contributed by atoms with Crippen LogP contribution in [0.15, 0.2) is 53.4 Å². The van der Waals surface area contributed by atoms with Crippen LogP contribution in [0.4, 0.5) is 5.69 Å². The molecule has 0 saturated heterocycles. The molecule has 2 rings (SSSR count). The van der Waals surface area contributed by atoms with Crippen LogP contribution >= 0.6 is 11.6 Å². The molecule has 6 nitrogen and oxygen atoms in total. The topological polar surface area (TPSA) is 84.5 Å². The number of anilines is 1. The maximum absolute atomic E-state index is 12.4. The average molecular weight is 383 g/mol. The maximum Gasteiger partial charge on any atom is 0.242 e. The Bertz CT molecular complexity index is 838. The molecule has 8 heteroatoms. The third kappa shape index (κ3) is 5.45. The molecule has 134 valence electrons. The van der Waals surface area contributed by atoms with Crippen molar-refractivity contribution in [2.45, 2.75) is 24.8 Å². The number of benzene rings is 2. The summed E-state index contributed by atoms with van der Waals surface area (Å²) in [6, 6.07) is 11.6. The van der Waals surface area contributed by atoms with Gasteiger partial charge in [-0.15, -0.1) is 0 Å². The first-order valence-electron chi connectivity index (χ1n) is 7.63. The lowest BCUT2D eigenvalue weighted by Gasteiger charge is -2.15. The first kappa shape index (κ1) is 19.2. The molecule has 0 aliphatic heterocycles. The van der Waals surface area contributed by atoms with Gasteiger partial charge >= 0.3 is 0 Å². The summed E-state index contributed by atoms with van der Waals surface area (Å²) in [5.74, 6) is 0.0879. The molecule has 0 aliphatic carbocycles. The van der Waals surface area contributed by atoms with Gasteiger partial charge in [-0.2, -0.15) is 4.72 Å².